The van der Waals surface area contributed by atoms with Crippen LogP contribution in [0.1, 0.15) is 28.8 Å². The van der Waals surface area contributed by atoms with E-state index in [-0.39, 0.29) is 23.5 Å². The molecule has 34 heavy (non-hydrogen) atoms. The van der Waals surface area contributed by atoms with Crippen molar-refractivity contribution in [2.24, 2.45) is 0 Å². The zero-order chi connectivity index (χ0) is 24.1. The molecule has 1 aliphatic heterocycles. The van der Waals surface area contributed by atoms with Crippen LogP contribution in [0.2, 0.25) is 0 Å². The van der Waals surface area contributed by atoms with Crippen molar-refractivity contribution in [2.45, 2.75) is 25.4 Å². The fourth-order valence-corrected chi connectivity index (χ4v) is 4.41. The second-order valence-corrected chi connectivity index (χ2v) is 8.40. The first-order valence-electron chi connectivity index (χ1n) is 11.3. The van der Waals surface area contributed by atoms with Crippen LogP contribution in [0, 0.1) is 5.82 Å². The highest BCUT2D eigenvalue weighted by molar-refractivity contribution is 6.06. The number of benzene rings is 3. The van der Waals surface area contributed by atoms with E-state index in [0.717, 1.165) is 37.2 Å². The van der Waals surface area contributed by atoms with Crippen LogP contribution in [0.15, 0.2) is 66.7 Å². The summed E-state index contributed by atoms with van der Waals surface area (Å²) in [6, 6.07) is 18.6. The van der Waals surface area contributed by atoms with Crippen LogP contribution in [0.3, 0.4) is 0 Å². The molecule has 1 saturated heterocycles. The Hall–Kier alpha value is -3.58. The fourth-order valence-electron chi connectivity index (χ4n) is 4.41. The van der Waals surface area contributed by atoms with Gasteiger partial charge in [-0.25, -0.2) is 4.39 Å². The molecule has 0 atom stereocenters. The van der Waals surface area contributed by atoms with E-state index in [1.807, 2.05) is 35.2 Å². The number of phenols is 1. The van der Waals surface area contributed by atoms with Crippen molar-refractivity contribution in [2.75, 3.05) is 32.2 Å². The Morgan fingerprint density at radius 3 is 2.41 bits per heavy atom. The Balaban J connectivity index is 1.51. The number of likely N-dealkylation sites (tertiary alicyclic amines) is 1. The van der Waals surface area contributed by atoms with Crippen molar-refractivity contribution in [3.8, 4) is 17.2 Å². The number of phenolic OH excluding ortho intramolecular Hbond substituents is 1. The molecule has 0 aromatic heterocycles. The summed E-state index contributed by atoms with van der Waals surface area (Å²) in [5.41, 5.74) is 2.20. The number of rotatable bonds is 7. The molecule has 1 fully saturated rings. The number of amides is 1. The normalized spacial score (nSPS) is 14.6. The van der Waals surface area contributed by atoms with E-state index in [4.69, 9.17) is 9.47 Å². The van der Waals surface area contributed by atoms with E-state index in [1.54, 1.807) is 19.2 Å². The number of halogens is 1. The quantitative estimate of drug-likeness (QED) is 0.541. The number of aromatic hydroxyl groups is 1. The maximum absolute atomic E-state index is 13.5. The second-order valence-electron chi connectivity index (χ2n) is 8.40. The van der Waals surface area contributed by atoms with Gasteiger partial charge in [-0.1, -0.05) is 12.1 Å². The average molecular weight is 465 g/mol. The number of methoxy groups -OCH3 is 2. The Morgan fingerprint density at radius 1 is 1.03 bits per heavy atom. The van der Waals surface area contributed by atoms with Gasteiger partial charge in [0.15, 0.2) is 11.5 Å². The lowest BCUT2D eigenvalue weighted by Crippen LogP contribution is -2.47. The molecule has 7 heteroatoms. The molecule has 6 nitrogen and oxygen atoms in total. The minimum Gasteiger partial charge on any atom is -0.504 e. The third-order valence-corrected chi connectivity index (χ3v) is 6.21. The number of piperidine rings is 1. The third kappa shape index (κ3) is 5.31. The lowest BCUT2D eigenvalue weighted by Gasteiger charge is -2.38. The van der Waals surface area contributed by atoms with Crippen molar-refractivity contribution in [1.29, 1.82) is 0 Å². The molecule has 1 amide bonds. The minimum absolute atomic E-state index is 0.00909. The topological polar surface area (TPSA) is 62.2 Å². The van der Waals surface area contributed by atoms with Gasteiger partial charge in [0, 0.05) is 43.0 Å². The van der Waals surface area contributed by atoms with E-state index < -0.39 is 0 Å². The van der Waals surface area contributed by atoms with Crippen LogP contribution in [-0.2, 0) is 6.54 Å². The summed E-state index contributed by atoms with van der Waals surface area (Å²) in [4.78, 5) is 17.7. The van der Waals surface area contributed by atoms with Crippen LogP contribution in [-0.4, -0.2) is 49.3 Å². The number of hydrogen-bond donors (Lipinski definition) is 1. The van der Waals surface area contributed by atoms with E-state index >= 15 is 0 Å². The van der Waals surface area contributed by atoms with Crippen molar-refractivity contribution >= 4 is 11.6 Å². The number of hydrogen-bond acceptors (Lipinski definition) is 5. The molecule has 0 spiro atoms. The lowest BCUT2D eigenvalue weighted by molar-refractivity contribution is 0.0958. The van der Waals surface area contributed by atoms with Gasteiger partial charge in [0.05, 0.1) is 14.2 Å². The zero-order valence-electron chi connectivity index (χ0n) is 19.4. The highest BCUT2D eigenvalue weighted by Gasteiger charge is 2.30. The van der Waals surface area contributed by atoms with Crippen LogP contribution in [0.25, 0.3) is 0 Å². The highest BCUT2D eigenvalue weighted by Crippen LogP contribution is 2.30. The van der Waals surface area contributed by atoms with Gasteiger partial charge in [0.25, 0.3) is 5.91 Å². The molecule has 178 valence electrons. The average Bonchev–Trinajstić information content (AvgIpc) is 2.86. The maximum atomic E-state index is 13.5. The summed E-state index contributed by atoms with van der Waals surface area (Å²) in [6.07, 6.45) is 1.57. The number of carbonyl (C=O) groups excluding carboxylic acids is 1. The molecular weight excluding hydrogens is 435 g/mol. The van der Waals surface area contributed by atoms with E-state index in [2.05, 4.69) is 4.90 Å². The van der Waals surface area contributed by atoms with Gasteiger partial charge >= 0.3 is 0 Å². The summed E-state index contributed by atoms with van der Waals surface area (Å²) >= 11 is 0. The lowest BCUT2D eigenvalue weighted by atomic mass is 10.00. The van der Waals surface area contributed by atoms with Crippen molar-refractivity contribution in [3.05, 3.63) is 83.7 Å². The minimum atomic E-state index is -0.373. The first kappa shape index (κ1) is 23.6. The zero-order valence-corrected chi connectivity index (χ0v) is 19.4. The van der Waals surface area contributed by atoms with E-state index in [0.29, 0.717) is 23.6 Å². The van der Waals surface area contributed by atoms with Crippen molar-refractivity contribution in [1.82, 2.24) is 4.90 Å². The monoisotopic (exact) mass is 464 g/mol. The smallest absolute Gasteiger partial charge is 0.258 e. The summed E-state index contributed by atoms with van der Waals surface area (Å²) in [7, 11) is 3.13. The standard InChI is InChI=1S/C27H29FN2O4/c1-33-24-5-3-4-23(17-24)30(27(32)20-7-9-21(28)10-8-20)22-12-14-29(15-13-22)18-19-6-11-26(34-2)25(31)16-19/h3-11,16-17,22,31H,12-15,18H2,1-2H3. The summed E-state index contributed by atoms with van der Waals surface area (Å²) in [6.45, 7) is 2.30. The second kappa shape index (κ2) is 10.6. The highest BCUT2D eigenvalue weighted by atomic mass is 19.1. The predicted octanol–water partition coefficient (Wildman–Crippen LogP) is 4.86. The summed E-state index contributed by atoms with van der Waals surface area (Å²) in [5, 5.41) is 10.1. The number of anilines is 1. The predicted molar refractivity (Wildman–Crippen MR) is 129 cm³/mol. The van der Waals surface area contributed by atoms with Crippen molar-refractivity contribution < 1.29 is 23.8 Å². The van der Waals surface area contributed by atoms with E-state index in [1.165, 1.54) is 31.4 Å². The molecule has 0 saturated carbocycles. The third-order valence-electron chi connectivity index (χ3n) is 6.21. The maximum Gasteiger partial charge on any atom is 0.258 e. The van der Waals surface area contributed by atoms with Gasteiger partial charge in [-0.15, -0.1) is 0 Å². The SMILES string of the molecule is COc1cccc(N(C(=O)c2ccc(F)cc2)C2CCN(Cc3ccc(OC)c(O)c3)CC2)c1. The molecule has 1 heterocycles. The molecule has 0 bridgehead atoms. The Labute approximate surface area is 199 Å². The summed E-state index contributed by atoms with van der Waals surface area (Å²) in [5.74, 6) is 0.722. The largest absolute Gasteiger partial charge is 0.504 e. The van der Waals surface area contributed by atoms with Gasteiger partial charge in [-0.05, 0) is 66.9 Å². The van der Waals surface area contributed by atoms with Crippen LogP contribution in [0.4, 0.5) is 10.1 Å². The Kier molecular flexibility index (Phi) is 7.33. The molecular formula is C27H29FN2O4. The first-order chi connectivity index (χ1) is 16.5. The van der Waals surface area contributed by atoms with Crippen LogP contribution >= 0.6 is 0 Å². The van der Waals surface area contributed by atoms with Gasteiger partial charge in [-0.3, -0.25) is 9.69 Å². The van der Waals surface area contributed by atoms with Gasteiger partial charge in [-0.2, -0.15) is 0 Å². The Morgan fingerprint density at radius 2 is 1.76 bits per heavy atom. The summed E-state index contributed by atoms with van der Waals surface area (Å²) < 4.78 is 23.9. The number of nitrogens with zero attached hydrogens (tertiary/aromatic N) is 2. The Bertz CT molecular complexity index is 1130. The van der Waals surface area contributed by atoms with Gasteiger partial charge in [0.2, 0.25) is 0 Å². The molecule has 4 rings (SSSR count). The molecule has 1 N–H and O–H groups in total. The molecule has 0 aliphatic carbocycles. The number of carbonyl (C=O) groups is 1. The van der Waals surface area contributed by atoms with Gasteiger partial charge in [0.1, 0.15) is 11.6 Å². The molecule has 1 aliphatic rings. The molecule has 3 aromatic rings. The van der Waals surface area contributed by atoms with Crippen LogP contribution in [0.5, 0.6) is 17.2 Å². The van der Waals surface area contributed by atoms with Crippen LogP contribution < -0.4 is 14.4 Å². The molecule has 3 aromatic carbocycles. The first-order valence-corrected chi connectivity index (χ1v) is 11.3. The van der Waals surface area contributed by atoms with Gasteiger partial charge < -0.3 is 19.5 Å². The van der Waals surface area contributed by atoms with E-state index in [9.17, 15) is 14.3 Å². The molecule has 0 radical (unpaired) electrons. The fraction of sp³-hybridized carbons (Fsp3) is 0.296. The number of ether oxygens (including phenoxy) is 2. The molecule has 0 unspecified atom stereocenters. The van der Waals surface area contributed by atoms with Crippen molar-refractivity contribution in [3.63, 3.8) is 0 Å².